The first-order valence-electron chi connectivity index (χ1n) is 5.50. The summed E-state index contributed by atoms with van der Waals surface area (Å²) >= 11 is 0. The third kappa shape index (κ3) is 3.83. The van der Waals surface area contributed by atoms with Crippen molar-refractivity contribution < 1.29 is 17.9 Å². The Morgan fingerprint density at radius 2 is 2.06 bits per heavy atom. The topological polar surface area (TPSA) is 79.5 Å². The molecule has 1 aromatic rings. The molecule has 0 bridgehead atoms. The fraction of sp³-hybridized carbons (Fsp3) is 0.636. The van der Waals surface area contributed by atoms with Gasteiger partial charge in [-0.2, -0.15) is 0 Å². The monoisotopic (exact) mass is 261 g/mol. The summed E-state index contributed by atoms with van der Waals surface area (Å²) in [7, 11) is -3.62. The molecule has 0 radical (unpaired) electrons. The van der Waals surface area contributed by atoms with E-state index in [9.17, 15) is 8.42 Å². The molecular weight excluding hydrogens is 242 g/mol. The largest absolute Gasteiger partial charge is 0.446 e. The molecule has 0 aromatic carbocycles. The van der Waals surface area contributed by atoms with Crippen LogP contribution in [0.3, 0.4) is 0 Å². The average molecular weight is 261 g/mol. The first kappa shape index (κ1) is 14.2. The molecule has 1 aromatic heterocycles. The van der Waals surface area contributed by atoms with E-state index in [1.807, 2.05) is 20.8 Å². The molecular formula is C11H19NO4S. The number of hydrogen-bond acceptors (Lipinski definition) is 4. The lowest BCUT2D eigenvalue weighted by atomic mass is 9.91. The maximum atomic E-state index is 11.8. The Balaban J connectivity index is 2.76. The van der Waals surface area contributed by atoms with Crippen molar-refractivity contribution in [2.75, 3.05) is 6.54 Å². The second-order valence-electron chi connectivity index (χ2n) is 4.72. The Labute approximate surface area is 102 Å². The molecule has 0 spiro atoms. The second kappa shape index (κ2) is 5.20. The van der Waals surface area contributed by atoms with Crippen LogP contribution in [-0.4, -0.2) is 20.1 Å². The maximum absolute atomic E-state index is 11.8. The van der Waals surface area contributed by atoms with Gasteiger partial charge >= 0.3 is 0 Å². The molecule has 0 aliphatic rings. The van der Waals surface area contributed by atoms with Crippen LogP contribution in [0.2, 0.25) is 0 Å². The lowest BCUT2D eigenvalue weighted by molar-refractivity contribution is 0.236. The van der Waals surface area contributed by atoms with Gasteiger partial charge in [0.1, 0.15) is 12.4 Å². The van der Waals surface area contributed by atoms with Crippen molar-refractivity contribution in [3.8, 4) is 0 Å². The third-order valence-electron chi connectivity index (χ3n) is 2.76. The molecule has 0 fully saturated rings. The zero-order chi connectivity index (χ0) is 13.1. The first-order valence-corrected chi connectivity index (χ1v) is 6.98. The second-order valence-corrected chi connectivity index (χ2v) is 6.42. The van der Waals surface area contributed by atoms with Crippen molar-refractivity contribution in [1.29, 1.82) is 0 Å². The number of nitrogens with one attached hydrogen (secondary N) is 1. The Bertz CT molecular complexity index is 462. The molecule has 5 nitrogen and oxygen atoms in total. The molecule has 0 saturated heterocycles. The average Bonchev–Trinajstić information content (AvgIpc) is 2.76. The van der Waals surface area contributed by atoms with E-state index in [1.54, 1.807) is 0 Å². The summed E-state index contributed by atoms with van der Waals surface area (Å²) < 4.78 is 31.2. The van der Waals surface area contributed by atoms with Gasteiger partial charge in [-0.05, 0) is 24.0 Å². The van der Waals surface area contributed by atoms with Gasteiger partial charge < -0.3 is 9.52 Å². The SMILES string of the molecule is CCC(C)(C)CNS(=O)(=O)c1ccc(CO)o1. The minimum absolute atomic E-state index is 0.0977. The lowest BCUT2D eigenvalue weighted by Gasteiger charge is -2.22. The van der Waals surface area contributed by atoms with Crippen LogP contribution in [0.15, 0.2) is 21.6 Å². The summed E-state index contributed by atoms with van der Waals surface area (Å²) in [5.41, 5.74) is -0.0977. The molecule has 1 rings (SSSR count). The van der Waals surface area contributed by atoms with Crippen molar-refractivity contribution in [2.24, 2.45) is 5.41 Å². The maximum Gasteiger partial charge on any atom is 0.273 e. The summed E-state index contributed by atoms with van der Waals surface area (Å²) in [6, 6.07) is 2.78. The van der Waals surface area contributed by atoms with Crippen LogP contribution in [0.4, 0.5) is 0 Å². The van der Waals surface area contributed by atoms with Crippen molar-refractivity contribution >= 4 is 10.0 Å². The van der Waals surface area contributed by atoms with E-state index in [4.69, 9.17) is 9.52 Å². The summed E-state index contributed by atoms with van der Waals surface area (Å²) in [6.07, 6.45) is 0.871. The Morgan fingerprint density at radius 1 is 1.41 bits per heavy atom. The van der Waals surface area contributed by atoms with Crippen LogP contribution < -0.4 is 4.72 Å². The van der Waals surface area contributed by atoms with Gasteiger partial charge in [-0.3, -0.25) is 0 Å². The highest BCUT2D eigenvalue weighted by Crippen LogP contribution is 2.20. The zero-order valence-electron chi connectivity index (χ0n) is 10.4. The fourth-order valence-electron chi connectivity index (χ4n) is 1.07. The molecule has 1 heterocycles. The molecule has 6 heteroatoms. The summed E-state index contributed by atoms with van der Waals surface area (Å²) in [6.45, 7) is 6.01. The zero-order valence-corrected chi connectivity index (χ0v) is 11.2. The lowest BCUT2D eigenvalue weighted by Crippen LogP contribution is -2.33. The quantitative estimate of drug-likeness (QED) is 0.813. The third-order valence-corrected chi connectivity index (χ3v) is 4.03. The number of hydrogen-bond donors (Lipinski definition) is 2. The normalized spacial score (nSPS) is 12.9. The van der Waals surface area contributed by atoms with Gasteiger partial charge in [0.15, 0.2) is 0 Å². The molecule has 0 aliphatic carbocycles. The van der Waals surface area contributed by atoms with E-state index in [1.165, 1.54) is 12.1 Å². The Morgan fingerprint density at radius 3 is 2.53 bits per heavy atom. The standard InChI is InChI=1S/C11H19NO4S/c1-4-11(2,3)8-12-17(14,15)10-6-5-9(7-13)16-10/h5-6,12-13H,4,7-8H2,1-3H3. The van der Waals surface area contributed by atoms with Gasteiger partial charge in [-0.25, -0.2) is 13.1 Å². The van der Waals surface area contributed by atoms with E-state index in [-0.39, 0.29) is 22.9 Å². The molecule has 2 N–H and O–H groups in total. The van der Waals surface area contributed by atoms with E-state index in [2.05, 4.69) is 4.72 Å². The molecule has 0 saturated carbocycles. The van der Waals surface area contributed by atoms with Gasteiger partial charge in [0, 0.05) is 6.54 Å². The summed E-state index contributed by atoms with van der Waals surface area (Å²) in [5.74, 6) is 0.236. The summed E-state index contributed by atoms with van der Waals surface area (Å²) in [4.78, 5) is 0. The Hall–Kier alpha value is -0.850. The van der Waals surface area contributed by atoms with Crippen molar-refractivity contribution in [3.05, 3.63) is 17.9 Å². The molecule has 98 valence electrons. The number of sulfonamides is 1. The molecule has 0 unspecified atom stereocenters. The van der Waals surface area contributed by atoms with Crippen molar-refractivity contribution in [2.45, 2.75) is 38.9 Å². The van der Waals surface area contributed by atoms with Gasteiger partial charge in [-0.15, -0.1) is 0 Å². The van der Waals surface area contributed by atoms with Gasteiger partial charge in [-0.1, -0.05) is 20.8 Å². The number of furan rings is 1. The predicted octanol–water partition coefficient (Wildman–Crippen LogP) is 1.49. The van der Waals surface area contributed by atoms with Crippen LogP contribution in [0.1, 0.15) is 33.0 Å². The van der Waals surface area contributed by atoms with E-state index >= 15 is 0 Å². The van der Waals surface area contributed by atoms with Crippen LogP contribution in [-0.2, 0) is 16.6 Å². The van der Waals surface area contributed by atoms with E-state index < -0.39 is 10.0 Å². The van der Waals surface area contributed by atoms with Crippen LogP contribution in [0.25, 0.3) is 0 Å². The van der Waals surface area contributed by atoms with Crippen LogP contribution in [0, 0.1) is 5.41 Å². The van der Waals surface area contributed by atoms with Crippen molar-refractivity contribution in [3.63, 3.8) is 0 Å². The number of aliphatic hydroxyl groups excluding tert-OH is 1. The first-order chi connectivity index (χ1) is 7.80. The van der Waals surface area contributed by atoms with Gasteiger partial charge in [0.25, 0.3) is 10.0 Å². The van der Waals surface area contributed by atoms with E-state index in [0.29, 0.717) is 6.54 Å². The number of rotatable bonds is 6. The predicted molar refractivity (Wildman–Crippen MR) is 63.9 cm³/mol. The highest BCUT2D eigenvalue weighted by atomic mass is 32.2. The summed E-state index contributed by atoms with van der Waals surface area (Å²) in [5, 5.41) is 8.65. The fourth-order valence-corrected chi connectivity index (χ4v) is 2.26. The highest BCUT2D eigenvalue weighted by molar-refractivity contribution is 7.89. The van der Waals surface area contributed by atoms with Crippen LogP contribution in [0.5, 0.6) is 0 Å². The molecule has 0 atom stereocenters. The van der Waals surface area contributed by atoms with Gasteiger partial charge in [0.2, 0.25) is 5.09 Å². The van der Waals surface area contributed by atoms with E-state index in [0.717, 1.165) is 6.42 Å². The minimum Gasteiger partial charge on any atom is -0.446 e. The molecule has 0 amide bonds. The van der Waals surface area contributed by atoms with Gasteiger partial charge in [0.05, 0.1) is 0 Å². The molecule has 0 aliphatic heterocycles. The number of aliphatic hydroxyl groups is 1. The Kier molecular flexibility index (Phi) is 4.35. The van der Waals surface area contributed by atoms with Crippen LogP contribution >= 0.6 is 0 Å². The smallest absolute Gasteiger partial charge is 0.273 e. The van der Waals surface area contributed by atoms with Crippen molar-refractivity contribution in [1.82, 2.24) is 4.72 Å². The highest BCUT2D eigenvalue weighted by Gasteiger charge is 2.23. The molecule has 17 heavy (non-hydrogen) atoms. The minimum atomic E-state index is -3.62.